The van der Waals surface area contributed by atoms with Gasteiger partial charge in [-0.2, -0.15) is 0 Å². The fourth-order valence-electron chi connectivity index (χ4n) is 1.38. The molecule has 0 aromatic carbocycles. The van der Waals surface area contributed by atoms with Crippen molar-refractivity contribution in [2.75, 3.05) is 0 Å². The first kappa shape index (κ1) is 20.0. The zero-order chi connectivity index (χ0) is 11.4. The van der Waals surface area contributed by atoms with E-state index in [4.69, 9.17) is 0 Å². The van der Waals surface area contributed by atoms with E-state index in [2.05, 4.69) is 26.0 Å². The third-order valence-electron chi connectivity index (χ3n) is 2.13. The molecule has 0 amide bonds. The minimum atomic E-state index is 0. The maximum atomic E-state index is 2.34. The number of hydrogen-bond acceptors (Lipinski definition) is 0. The first-order valence-corrected chi connectivity index (χ1v) is 6.15. The molecule has 92 valence electrons. The molecule has 1 rings (SSSR count). The van der Waals surface area contributed by atoms with Crippen LogP contribution in [0.1, 0.15) is 74.7 Å². The molecule has 0 nitrogen and oxygen atoms in total. The molecular formula is C15H32. The van der Waals surface area contributed by atoms with Gasteiger partial charge in [0.2, 0.25) is 0 Å². The van der Waals surface area contributed by atoms with E-state index >= 15 is 0 Å². The number of allylic oxidation sites excluding steroid dienone is 4. The second-order valence-electron chi connectivity index (χ2n) is 3.04. The highest BCUT2D eigenvalue weighted by Gasteiger charge is 2.04. The fraction of sp³-hybridized carbons (Fsp3) is 0.733. The topological polar surface area (TPSA) is 0 Å². The zero-order valence-corrected chi connectivity index (χ0v) is 11.0. The second kappa shape index (κ2) is 15.9. The highest BCUT2D eigenvalue weighted by atomic mass is 14.1. The maximum absolute atomic E-state index is 2.34. The van der Waals surface area contributed by atoms with Crippen molar-refractivity contribution in [3.63, 3.8) is 0 Å². The lowest BCUT2D eigenvalue weighted by Crippen LogP contribution is -1.73. The number of rotatable bonds is 1. The fourth-order valence-corrected chi connectivity index (χ4v) is 1.38. The van der Waals surface area contributed by atoms with E-state index in [1.165, 1.54) is 31.3 Å². The summed E-state index contributed by atoms with van der Waals surface area (Å²) in [6.45, 7) is 12.3. The van der Waals surface area contributed by atoms with Crippen LogP contribution >= 0.6 is 0 Å². The SMILES string of the molecule is C.C/C=C(/C)C=C1CCCC1.CC.CC. The van der Waals surface area contributed by atoms with Gasteiger partial charge in [-0.25, -0.2) is 0 Å². The molecule has 0 aliphatic heterocycles. The summed E-state index contributed by atoms with van der Waals surface area (Å²) in [6, 6.07) is 0. The van der Waals surface area contributed by atoms with Crippen molar-refractivity contribution in [3.05, 3.63) is 23.3 Å². The summed E-state index contributed by atoms with van der Waals surface area (Å²) in [5.74, 6) is 0. The molecule has 0 spiro atoms. The Labute approximate surface area is 98.5 Å². The summed E-state index contributed by atoms with van der Waals surface area (Å²) in [4.78, 5) is 0. The van der Waals surface area contributed by atoms with Crippen molar-refractivity contribution < 1.29 is 0 Å². The molecule has 0 bridgehead atoms. The Morgan fingerprint density at radius 2 is 1.40 bits per heavy atom. The van der Waals surface area contributed by atoms with Crippen molar-refractivity contribution in [1.29, 1.82) is 0 Å². The van der Waals surface area contributed by atoms with Crippen molar-refractivity contribution in [2.24, 2.45) is 0 Å². The van der Waals surface area contributed by atoms with Crippen molar-refractivity contribution >= 4 is 0 Å². The zero-order valence-electron chi connectivity index (χ0n) is 11.0. The van der Waals surface area contributed by atoms with E-state index in [1.54, 1.807) is 5.57 Å². The van der Waals surface area contributed by atoms with Gasteiger partial charge in [-0.3, -0.25) is 0 Å². The van der Waals surface area contributed by atoms with Gasteiger partial charge in [0.25, 0.3) is 0 Å². The van der Waals surface area contributed by atoms with Gasteiger partial charge in [-0.05, 0) is 39.5 Å². The molecule has 0 atom stereocenters. The van der Waals surface area contributed by atoms with Crippen molar-refractivity contribution in [3.8, 4) is 0 Å². The summed E-state index contributed by atoms with van der Waals surface area (Å²) in [5.41, 5.74) is 3.06. The minimum Gasteiger partial charge on any atom is -0.0847 e. The summed E-state index contributed by atoms with van der Waals surface area (Å²) in [6.07, 6.45) is 10.0. The Morgan fingerprint density at radius 1 is 1.00 bits per heavy atom. The Hall–Kier alpha value is -0.520. The van der Waals surface area contributed by atoms with Crippen LogP contribution in [0.15, 0.2) is 23.3 Å². The molecule has 0 radical (unpaired) electrons. The van der Waals surface area contributed by atoms with Crippen LogP contribution < -0.4 is 0 Å². The molecule has 1 saturated carbocycles. The molecule has 0 heteroatoms. The average Bonchev–Trinajstić information content (AvgIpc) is 2.76. The van der Waals surface area contributed by atoms with E-state index in [0.29, 0.717) is 0 Å². The predicted octanol–water partition coefficient (Wildman–Crippen LogP) is 6.14. The predicted molar refractivity (Wildman–Crippen MR) is 75.4 cm³/mol. The molecule has 1 aliphatic carbocycles. The van der Waals surface area contributed by atoms with Gasteiger partial charge < -0.3 is 0 Å². The summed E-state index contributed by atoms with van der Waals surface area (Å²) >= 11 is 0. The Bertz CT molecular complexity index is 153. The Morgan fingerprint density at radius 3 is 1.73 bits per heavy atom. The second-order valence-corrected chi connectivity index (χ2v) is 3.04. The van der Waals surface area contributed by atoms with Gasteiger partial charge >= 0.3 is 0 Å². The van der Waals surface area contributed by atoms with Crippen LogP contribution in [0, 0.1) is 0 Å². The largest absolute Gasteiger partial charge is 0.0847 e. The summed E-state index contributed by atoms with van der Waals surface area (Å²) in [5, 5.41) is 0. The van der Waals surface area contributed by atoms with Crippen LogP contribution in [0.25, 0.3) is 0 Å². The highest BCUT2D eigenvalue weighted by molar-refractivity contribution is 5.22. The van der Waals surface area contributed by atoms with Gasteiger partial charge in [-0.1, -0.05) is 58.4 Å². The van der Waals surface area contributed by atoms with E-state index in [-0.39, 0.29) is 7.43 Å². The molecule has 0 aromatic rings. The van der Waals surface area contributed by atoms with Crippen molar-refractivity contribution in [1.82, 2.24) is 0 Å². The highest BCUT2D eigenvalue weighted by Crippen LogP contribution is 2.24. The molecule has 0 unspecified atom stereocenters. The molecule has 0 aromatic heterocycles. The standard InChI is InChI=1S/C10H16.2C2H6.CH4/c1-3-9(2)8-10-6-4-5-7-10;2*1-2;/h3,8H,4-7H2,1-2H3;2*1-2H3;1H4/b9-3-;;;. The molecular weight excluding hydrogens is 180 g/mol. The lowest BCUT2D eigenvalue weighted by atomic mass is 10.1. The molecule has 1 aliphatic rings. The third-order valence-corrected chi connectivity index (χ3v) is 2.13. The van der Waals surface area contributed by atoms with Crippen molar-refractivity contribution in [2.45, 2.75) is 74.7 Å². The van der Waals surface area contributed by atoms with Crippen LogP contribution in [0.5, 0.6) is 0 Å². The molecule has 0 N–H and O–H groups in total. The quantitative estimate of drug-likeness (QED) is 0.489. The van der Waals surface area contributed by atoms with E-state index in [1.807, 2.05) is 27.7 Å². The molecule has 0 heterocycles. The maximum Gasteiger partial charge on any atom is -0.0317 e. The van der Waals surface area contributed by atoms with Crippen LogP contribution in [-0.4, -0.2) is 0 Å². The van der Waals surface area contributed by atoms with Gasteiger partial charge in [0.1, 0.15) is 0 Å². The van der Waals surface area contributed by atoms with Gasteiger partial charge in [-0.15, -0.1) is 0 Å². The molecule has 1 fully saturated rings. The molecule has 0 saturated heterocycles. The first-order chi connectivity index (χ1) is 6.83. The Kier molecular flexibility index (Phi) is 21.2. The minimum absolute atomic E-state index is 0. The van der Waals surface area contributed by atoms with Crippen LogP contribution in [0.4, 0.5) is 0 Å². The van der Waals surface area contributed by atoms with Gasteiger partial charge in [0.15, 0.2) is 0 Å². The lowest BCUT2D eigenvalue weighted by Gasteiger charge is -1.94. The lowest BCUT2D eigenvalue weighted by molar-refractivity contribution is 0.886. The average molecular weight is 212 g/mol. The normalized spacial score (nSPS) is 14.0. The number of hydrogen-bond donors (Lipinski definition) is 0. The summed E-state index contributed by atoms with van der Waals surface area (Å²) < 4.78 is 0. The van der Waals surface area contributed by atoms with E-state index < -0.39 is 0 Å². The monoisotopic (exact) mass is 212 g/mol. The van der Waals surface area contributed by atoms with Crippen LogP contribution in [-0.2, 0) is 0 Å². The summed E-state index contributed by atoms with van der Waals surface area (Å²) in [7, 11) is 0. The van der Waals surface area contributed by atoms with Gasteiger partial charge in [0.05, 0.1) is 0 Å². The first-order valence-electron chi connectivity index (χ1n) is 6.15. The smallest absolute Gasteiger partial charge is 0.0317 e. The van der Waals surface area contributed by atoms with Gasteiger partial charge in [0, 0.05) is 0 Å². The molecule has 15 heavy (non-hydrogen) atoms. The van der Waals surface area contributed by atoms with E-state index in [0.717, 1.165) is 0 Å². The van der Waals surface area contributed by atoms with Crippen LogP contribution in [0.3, 0.4) is 0 Å². The van der Waals surface area contributed by atoms with E-state index in [9.17, 15) is 0 Å². The van der Waals surface area contributed by atoms with Crippen LogP contribution in [0.2, 0.25) is 0 Å². The third kappa shape index (κ3) is 11.4. The Balaban J connectivity index is -0.000000258.